The largest absolute Gasteiger partial charge is 0.436 e. The number of carbonyl (C=O) groups excluding carboxylic acids is 3. The average Bonchev–Trinajstić information content (AvgIpc) is 2.61. The minimum absolute atomic E-state index is 0.0299. The maximum absolute atomic E-state index is 14.9. The first-order chi connectivity index (χ1) is 12.8. The van der Waals surface area contributed by atoms with Crippen LogP contribution in [0.25, 0.3) is 0 Å². The minimum Gasteiger partial charge on any atom is -0.436 e. The molecule has 3 amide bonds. The molecular formula is C18H19ClFN3O4. The normalized spacial score (nSPS) is 23.9. The van der Waals surface area contributed by atoms with Gasteiger partial charge in [0.15, 0.2) is 11.4 Å². The van der Waals surface area contributed by atoms with Gasteiger partial charge in [0.1, 0.15) is 0 Å². The smallest absolute Gasteiger partial charge is 0.412 e. The molecule has 2 aliphatic heterocycles. The number of piperidine rings is 1. The molecule has 2 atom stereocenters. The fourth-order valence-electron chi connectivity index (χ4n) is 3.70. The summed E-state index contributed by atoms with van der Waals surface area (Å²) < 4.78 is 20.4. The van der Waals surface area contributed by atoms with Crippen LogP contribution in [-0.2, 0) is 19.9 Å². The standard InChI is InChI=1S/C18H19ClFN3O4/c1-3-13(24)21-7-14(25)23-8-10(2)6-18(9-23)15-12(22-17(26)27-18)5-4-11(19)16(15)20/h3-5,10H,1,6-9H2,2H3,(H,21,24)(H,22,26). The Kier molecular flexibility index (Phi) is 5.10. The predicted octanol–water partition coefficient (Wildman–Crippen LogP) is 2.41. The first kappa shape index (κ1) is 19.2. The van der Waals surface area contributed by atoms with Crippen LogP contribution in [0.2, 0.25) is 5.02 Å². The zero-order chi connectivity index (χ0) is 19.8. The quantitative estimate of drug-likeness (QED) is 0.769. The second-order valence-corrected chi connectivity index (χ2v) is 7.21. The van der Waals surface area contributed by atoms with Gasteiger partial charge in [-0.3, -0.25) is 14.9 Å². The van der Waals surface area contributed by atoms with Crippen molar-refractivity contribution in [2.75, 3.05) is 25.0 Å². The Morgan fingerprint density at radius 1 is 1.56 bits per heavy atom. The maximum Gasteiger partial charge on any atom is 0.412 e. The van der Waals surface area contributed by atoms with Crippen LogP contribution in [0.15, 0.2) is 24.8 Å². The van der Waals surface area contributed by atoms with Gasteiger partial charge in [0.05, 0.1) is 29.4 Å². The summed E-state index contributed by atoms with van der Waals surface area (Å²) in [6.07, 6.45) is 0.689. The van der Waals surface area contributed by atoms with Crippen molar-refractivity contribution in [1.29, 1.82) is 0 Å². The van der Waals surface area contributed by atoms with Gasteiger partial charge >= 0.3 is 6.09 Å². The molecule has 1 fully saturated rings. The van der Waals surface area contributed by atoms with E-state index in [1.165, 1.54) is 17.0 Å². The molecule has 2 heterocycles. The second kappa shape index (κ2) is 7.19. The van der Waals surface area contributed by atoms with Gasteiger partial charge in [-0.1, -0.05) is 25.1 Å². The van der Waals surface area contributed by atoms with E-state index in [0.717, 1.165) is 6.08 Å². The van der Waals surface area contributed by atoms with Crippen molar-refractivity contribution in [1.82, 2.24) is 10.2 Å². The zero-order valence-electron chi connectivity index (χ0n) is 14.7. The predicted molar refractivity (Wildman–Crippen MR) is 96.8 cm³/mol. The number of carbonyl (C=O) groups is 3. The number of nitrogens with one attached hydrogen (secondary N) is 2. The SMILES string of the molecule is C=CC(=O)NCC(=O)N1CC(C)CC2(C1)OC(=O)Nc1ccc(Cl)c(F)c12. The van der Waals surface area contributed by atoms with Gasteiger partial charge in [-0.05, 0) is 30.5 Å². The number of rotatable bonds is 3. The number of anilines is 1. The van der Waals surface area contributed by atoms with Gasteiger partial charge in [0.25, 0.3) is 0 Å². The lowest BCUT2D eigenvalue weighted by Gasteiger charge is -2.47. The average molecular weight is 396 g/mol. The van der Waals surface area contributed by atoms with Crippen LogP contribution < -0.4 is 10.6 Å². The molecule has 144 valence electrons. The molecule has 0 aromatic heterocycles. The third-order valence-corrected chi connectivity index (χ3v) is 4.98. The minimum atomic E-state index is -1.34. The number of benzene rings is 1. The zero-order valence-corrected chi connectivity index (χ0v) is 15.4. The molecule has 0 bridgehead atoms. The van der Waals surface area contributed by atoms with E-state index >= 15 is 0 Å². The van der Waals surface area contributed by atoms with Crippen molar-refractivity contribution in [2.45, 2.75) is 18.9 Å². The topological polar surface area (TPSA) is 87.7 Å². The molecule has 0 saturated carbocycles. The van der Waals surface area contributed by atoms with Crippen molar-refractivity contribution in [3.63, 3.8) is 0 Å². The lowest BCUT2D eigenvalue weighted by Crippen LogP contribution is -2.57. The Morgan fingerprint density at radius 3 is 3.00 bits per heavy atom. The second-order valence-electron chi connectivity index (χ2n) is 6.80. The number of nitrogens with zero attached hydrogens (tertiary/aromatic N) is 1. The molecule has 2 aliphatic rings. The third-order valence-electron chi connectivity index (χ3n) is 4.68. The van der Waals surface area contributed by atoms with E-state index in [4.69, 9.17) is 16.3 Å². The summed E-state index contributed by atoms with van der Waals surface area (Å²) in [5.74, 6) is -1.60. The summed E-state index contributed by atoms with van der Waals surface area (Å²) in [5.41, 5.74) is -0.939. The highest BCUT2D eigenvalue weighted by Gasteiger charge is 2.50. The molecule has 1 aromatic rings. The van der Waals surface area contributed by atoms with Gasteiger partial charge in [0, 0.05) is 6.54 Å². The van der Waals surface area contributed by atoms with Crippen LogP contribution in [0.1, 0.15) is 18.9 Å². The van der Waals surface area contributed by atoms with Gasteiger partial charge in [-0.2, -0.15) is 0 Å². The molecule has 1 saturated heterocycles. The van der Waals surface area contributed by atoms with Crippen molar-refractivity contribution in [2.24, 2.45) is 5.92 Å². The van der Waals surface area contributed by atoms with E-state index in [0.29, 0.717) is 13.0 Å². The van der Waals surface area contributed by atoms with Gasteiger partial charge in [-0.15, -0.1) is 0 Å². The molecule has 1 aromatic carbocycles. The number of likely N-dealkylation sites (tertiary alicyclic amines) is 1. The summed E-state index contributed by atoms with van der Waals surface area (Å²) >= 11 is 5.94. The molecule has 3 rings (SSSR count). The molecule has 1 spiro atoms. The molecule has 27 heavy (non-hydrogen) atoms. The molecule has 7 nitrogen and oxygen atoms in total. The lowest BCUT2D eigenvalue weighted by molar-refractivity contribution is -0.141. The van der Waals surface area contributed by atoms with Crippen LogP contribution in [0, 0.1) is 11.7 Å². The highest BCUT2D eigenvalue weighted by atomic mass is 35.5. The van der Waals surface area contributed by atoms with Crippen LogP contribution in [-0.4, -0.2) is 42.4 Å². The molecule has 0 radical (unpaired) electrons. The van der Waals surface area contributed by atoms with Crippen molar-refractivity contribution in [3.8, 4) is 0 Å². The molecule has 2 unspecified atom stereocenters. The summed E-state index contributed by atoms with van der Waals surface area (Å²) in [6.45, 7) is 5.34. The van der Waals surface area contributed by atoms with E-state index in [2.05, 4.69) is 17.2 Å². The highest BCUT2D eigenvalue weighted by molar-refractivity contribution is 6.31. The van der Waals surface area contributed by atoms with Crippen LogP contribution >= 0.6 is 11.6 Å². The number of amides is 3. The highest BCUT2D eigenvalue weighted by Crippen LogP contribution is 2.46. The van der Waals surface area contributed by atoms with E-state index in [-0.39, 0.29) is 41.2 Å². The van der Waals surface area contributed by atoms with E-state index < -0.39 is 23.4 Å². The van der Waals surface area contributed by atoms with E-state index in [1.54, 1.807) is 0 Å². The fourth-order valence-corrected chi connectivity index (χ4v) is 3.85. The number of ether oxygens (including phenoxy) is 1. The van der Waals surface area contributed by atoms with Crippen molar-refractivity contribution in [3.05, 3.63) is 41.2 Å². The van der Waals surface area contributed by atoms with Crippen molar-refractivity contribution < 1.29 is 23.5 Å². The first-order valence-corrected chi connectivity index (χ1v) is 8.80. The van der Waals surface area contributed by atoms with Crippen LogP contribution in [0.5, 0.6) is 0 Å². The summed E-state index contributed by atoms with van der Waals surface area (Å²) in [7, 11) is 0. The molecule has 2 N–H and O–H groups in total. The van der Waals surface area contributed by atoms with Gasteiger partial charge in [-0.25, -0.2) is 9.18 Å². The third kappa shape index (κ3) is 3.62. The van der Waals surface area contributed by atoms with Gasteiger partial charge in [0.2, 0.25) is 11.8 Å². The first-order valence-electron chi connectivity index (χ1n) is 8.42. The Balaban J connectivity index is 1.95. The molecule has 9 heteroatoms. The number of fused-ring (bicyclic) bond motifs is 2. The molecular weight excluding hydrogens is 377 g/mol. The molecule has 0 aliphatic carbocycles. The number of hydrogen-bond donors (Lipinski definition) is 2. The Bertz CT molecular complexity index is 831. The van der Waals surface area contributed by atoms with E-state index in [1.807, 2.05) is 6.92 Å². The van der Waals surface area contributed by atoms with E-state index in [9.17, 15) is 18.8 Å². The van der Waals surface area contributed by atoms with Crippen LogP contribution in [0.4, 0.5) is 14.9 Å². The van der Waals surface area contributed by atoms with Gasteiger partial charge < -0.3 is 15.0 Å². The maximum atomic E-state index is 14.9. The number of halogens is 2. The number of hydrogen-bond acceptors (Lipinski definition) is 4. The van der Waals surface area contributed by atoms with Crippen LogP contribution in [0.3, 0.4) is 0 Å². The summed E-state index contributed by atoms with van der Waals surface area (Å²) in [5, 5.41) is 4.80. The lowest BCUT2D eigenvalue weighted by atomic mass is 9.79. The van der Waals surface area contributed by atoms with Crippen molar-refractivity contribution >= 4 is 35.2 Å². The fraction of sp³-hybridized carbons (Fsp3) is 0.389. The Morgan fingerprint density at radius 2 is 2.30 bits per heavy atom. The Labute approximate surface area is 160 Å². The Hall–Kier alpha value is -2.61. The monoisotopic (exact) mass is 395 g/mol. The summed E-state index contributed by atoms with van der Waals surface area (Å²) in [4.78, 5) is 37.4. The summed E-state index contributed by atoms with van der Waals surface area (Å²) in [6, 6.07) is 2.87.